The van der Waals surface area contributed by atoms with Gasteiger partial charge in [-0.05, 0) is 54.6 Å². The van der Waals surface area contributed by atoms with Gasteiger partial charge in [-0.3, -0.25) is 4.98 Å². The maximum atomic E-state index is 9.64. The second-order valence-electron chi connectivity index (χ2n) is 5.56. The number of benzene rings is 2. The lowest BCUT2D eigenvalue weighted by molar-refractivity contribution is 0.475. The molecule has 0 radical (unpaired) electrons. The van der Waals surface area contributed by atoms with Gasteiger partial charge in [-0.25, -0.2) is 4.98 Å². The minimum atomic E-state index is 0.209. The molecule has 0 aliphatic heterocycles. The third kappa shape index (κ3) is 2.65. The first-order chi connectivity index (χ1) is 11.7. The first kappa shape index (κ1) is 14.2. The van der Waals surface area contributed by atoms with Crippen LogP contribution in [0.2, 0.25) is 0 Å². The molecule has 2 aromatic carbocycles. The Labute approximate surface area is 138 Å². The van der Waals surface area contributed by atoms with Crippen molar-refractivity contribution in [2.75, 3.05) is 0 Å². The zero-order valence-electron chi connectivity index (χ0n) is 12.7. The Bertz CT molecular complexity index is 1030. The van der Waals surface area contributed by atoms with Crippen molar-refractivity contribution in [3.8, 4) is 34.0 Å². The highest BCUT2D eigenvalue weighted by Crippen LogP contribution is 2.26. The maximum Gasteiger partial charge on any atom is 0.116 e. The van der Waals surface area contributed by atoms with Crippen molar-refractivity contribution < 1.29 is 10.2 Å². The standard InChI is InChI=1S/C20H14N2O2/c23-16-7-4-13(5-8-16)18-9-6-15-12-21-19(11-20(15)22-18)14-2-1-3-17(24)10-14/h1-12,23-24H. The quantitative estimate of drug-likeness (QED) is 0.576. The van der Waals surface area contributed by atoms with E-state index in [1.165, 1.54) is 0 Å². The average molecular weight is 314 g/mol. The number of aromatic nitrogens is 2. The summed E-state index contributed by atoms with van der Waals surface area (Å²) in [6.45, 7) is 0. The molecule has 116 valence electrons. The number of hydrogen-bond acceptors (Lipinski definition) is 4. The number of hydrogen-bond donors (Lipinski definition) is 2. The van der Waals surface area contributed by atoms with Gasteiger partial charge >= 0.3 is 0 Å². The zero-order chi connectivity index (χ0) is 16.5. The Balaban J connectivity index is 1.82. The van der Waals surface area contributed by atoms with E-state index >= 15 is 0 Å². The third-order valence-electron chi connectivity index (χ3n) is 3.88. The molecule has 4 rings (SSSR count). The van der Waals surface area contributed by atoms with Crippen LogP contribution in [-0.2, 0) is 0 Å². The smallest absolute Gasteiger partial charge is 0.116 e. The molecule has 4 nitrogen and oxygen atoms in total. The fraction of sp³-hybridized carbons (Fsp3) is 0. The molecule has 0 unspecified atom stereocenters. The molecule has 0 atom stereocenters. The van der Waals surface area contributed by atoms with Crippen LogP contribution < -0.4 is 0 Å². The predicted molar refractivity (Wildman–Crippen MR) is 93.7 cm³/mol. The van der Waals surface area contributed by atoms with Crippen molar-refractivity contribution in [3.05, 3.63) is 72.9 Å². The van der Waals surface area contributed by atoms with Crippen molar-refractivity contribution in [1.29, 1.82) is 0 Å². The number of phenols is 2. The molecule has 0 bridgehead atoms. The summed E-state index contributed by atoms with van der Waals surface area (Å²) in [6.07, 6.45) is 1.78. The van der Waals surface area contributed by atoms with Gasteiger partial charge in [0.15, 0.2) is 0 Å². The molecular weight excluding hydrogens is 300 g/mol. The molecule has 2 aromatic heterocycles. The Morgan fingerprint density at radius 2 is 1.50 bits per heavy atom. The highest BCUT2D eigenvalue weighted by molar-refractivity contribution is 5.84. The fourth-order valence-electron chi connectivity index (χ4n) is 2.63. The molecule has 0 spiro atoms. The Kier molecular flexibility index (Phi) is 3.35. The summed E-state index contributed by atoms with van der Waals surface area (Å²) in [7, 11) is 0. The second kappa shape index (κ2) is 5.66. The molecule has 4 aromatic rings. The first-order valence-electron chi connectivity index (χ1n) is 7.55. The van der Waals surface area contributed by atoms with Crippen molar-refractivity contribution in [2.24, 2.45) is 0 Å². The maximum absolute atomic E-state index is 9.64. The van der Waals surface area contributed by atoms with Gasteiger partial charge in [0, 0.05) is 22.7 Å². The second-order valence-corrected chi connectivity index (χ2v) is 5.56. The van der Waals surface area contributed by atoms with Crippen LogP contribution in [0, 0.1) is 0 Å². The van der Waals surface area contributed by atoms with Crippen LogP contribution in [0.3, 0.4) is 0 Å². The molecule has 24 heavy (non-hydrogen) atoms. The summed E-state index contributed by atoms with van der Waals surface area (Å²) < 4.78 is 0. The molecule has 0 amide bonds. The lowest BCUT2D eigenvalue weighted by Crippen LogP contribution is -1.89. The molecule has 2 heterocycles. The van der Waals surface area contributed by atoms with E-state index in [2.05, 4.69) is 4.98 Å². The lowest BCUT2D eigenvalue weighted by Gasteiger charge is -2.06. The molecule has 2 N–H and O–H groups in total. The molecule has 0 saturated heterocycles. The third-order valence-corrected chi connectivity index (χ3v) is 3.88. The lowest BCUT2D eigenvalue weighted by atomic mass is 10.1. The SMILES string of the molecule is Oc1ccc(-c2ccc3cnc(-c4cccc(O)c4)cc3n2)cc1. The Morgan fingerprint density at radius 3 is 2.29 bits per heavy atom. The van der Waals surface area contributed by atoms with Gasteiger partial charge in [0.05, 0.1) is 16.9 Å². The minimum Gasteiger partial charge on any atom is -0.508 e. The van der Waals surface area contributed by atoms with Crippen LogP contribution in [0.15, 0.2) is 72.9 Å². The van der Waals surface area contributed by atoms with E-state index in [0.717, 1.165) is 33.4 Å². The van der Waals surface area contributed by atoms with Crippen LogP contribution in [0.25, 0.3) is 33.4 Å². The topological polar surface area (TPSA) is 66.2 Å². The normalized spacial score (nSPS) is 10.8. The van der Waals surface area contributed by atoms with Gasteiger partial charge in [-0.15, -0.1) is 0 Å². The van der Waals surface area contributed by atoms with Crippen molar-refractivity contribution in [1.82, 2.24) is 9.97 Å². The average Bonchev–Trinajstić information content (AvgIpc) is 2.61. The zero-order valence-corrected chi connectivity index (χ0v) is 12.7. The van der Waals surface area contributed by atoms with E-state index in [9.17, 15) is 10.2 Å². The van der Waals surface area contributed by atoms with Crippen molar-refractivity contribution >= 4 is 10.9 Å². The van der Waals surface area contributed by atoms with E-state index in [4.69, 9.17) is 4.98 Å². The number of aromatic hydroxyl groups is 2. The predicted octanol–water partition coefficient (Wildman–Crippen LogP) is 4.38. The van der Waals surface area contributed by atoms with Crippen LogP contribution in [0.4, 0.5) is 0 Å². The van der Waals surface area contributed by atoms with Crippen molar-refractivity contribution in [2.45, 2.75) is 0 Å². The van der Waals surface area contributed by atoms with Gasteiger partial charge in [-0.2, -0.15) is 0 Å². The molecule has 0 aliphatic rings. The summed E-state index contributed by atoms with van der Waals surface area (Å²) in [4.78, 5) is 9.15. The molecule has 0 fully saturated rings. The van der Waals surface area contributed by atoms with Gasteiger partial charge < -0.3 is 10.2 Å². The number of rotatable bonds is 2. The van der Waals surface area contributed by atoms with E-state index in [1.54, 1.807) is 36.5 Å². The van der Waals surface area contributed by atoms with Gasteiger partial charge in [0.2, 0.25) is 0 Å². The summed E-state index contributed by atoms with van der Waals surface area (Å²) in [5.74, 6) is 0.440. The summed E-state index contributed by atoms with van der Waals surface area (Å²) in [6, 6.07) is 19.8. The van der Waals surface area contributed by atoms with E-state index < -0.39 is 0 Å². The Hall–Kier alpha value is -3.40. The molecular formula is C20H14N2O2. The highest BCUT2D eigenvalue weighted by Gasteiger charge is 2.06. The minimum absolute atomic E-state index is 0.209. The number of nitrogens with zero attached hydrogens (tertiary/aromatic N) is 2. The van der Waals surface area contributed by atoms with Crippen LogP contribution in [0.1, 0.15) is 0 Å². The number of phenolic OH excluding ortho intramolecular Hbond substituents is 2. The van der Waals surface area contributed by atoms with E-state index in [0.29, 0.717) is 0 Å². The van der Waals surface area contributed by atoms with Crippen molar-refractivity contribution in [3.63, 3.8) is 0 Å². The number of pyridine rings is 2. The van der Waals surface area contributed by atoms with Gasteiger partial charge in [-0.1, -0.05) is 12.1 Å². The van der Waals surface area contributed by atoms with E-state index in [1.807, 2.05) is 36.4 Å². The van der Waals surface area contributed by atoms with Crippen LogP contribution in [-0.4, -0.2) is 20.2 Å². The van der Waals surface area contributed by atoms with E-state index in [-0.39, 0.29) is 11.5 Å². The Morgan fingerprint density at radius 1 is 0.667 bits per heavy atom. The highest BCUT2D eigenvalue weighted by atomic mass is 16.3. The largest absolute Gasteiger partial charge is 0.508 e. The summed E-state index contributed by atoms with van der Waals surface area (Å²) in [5.41, 5.74) is 4.19. The molecule has 0 saturated carbocycles. The van der Waals surface area contributed by atoms with Crippen LogP contribution >= 0.6 is 0 Å². The monoisotopic (exact) mass is 314 g/mol. The fourth-order valence-corrected chi connectivity index (χ4v) is 2.63. The summed E-state index contributed by atoms with van der Waals surface area (Å²) >= 11 is 0. The van der Waals surface area contributed by atoms with Crippen LogP contribution in [0.5, 0.6) is 11.5 Å². The van der Waals surface area contributed by atoms with Gasteiger partial charge in [0.25, 0.3) is 0 Å². The molecule has 4 heteroatoms. The van der Waals surface area contributed by atoms with Gasteiger partial charge in [0.1, 0.15) is 11.5 Å². The number of fused-ring (bicyclic) bond motifs is 1. The first-order valence-corrected chi connectivity index (χ1v) is 7.55. The molecule has 0 aliphatic carbocycles. The summed E-state index contributed by atoms with van der Waals surface area (Å²) in [5, 5.41) is 20.0.